The zero-order chi connectivity index (χ0) is 13.9. The van der Waals surface area contributed by atoms with Crippen molar-refractivity contribution >= 4 is 22.6 Å². The molecule has 0 bridgehead atoms. The molecule has 0 spiro atoms. The number of rotatable bonds is 4. The van der Waals surface area contributed by atoms with Crippen molar-refractivity contribution in [1.29, 1.82) is 0 Å². The summed E-state index contributed by atoms with van der Waals surface area (Å²) >= 11 is 6.19. The normalized spacial score (nSPS) is 12.7. The number of fused-ring (bicyclic) bond motifs is 1. The molecule has 3 heteroatoms. The number of benzene rings is 2. The second-order valence-electron chi connectivity index (χ2n) is 4.86. The minimum Gasteiger partial charge on any atom is -0.444 e. The monoisotopic (exact) mass is 285 g/mol. The van der Waals surface area contributed by atoms with Crippen molar-refractivity contribution in [3.05, 3.63) is 70.9 Å². The van der Waals surface area contributed by atoms with Gasteiger partial charge in [-0.3, -0.25) is 0 Å². The van der Waals surface area contributed by atoms with Crippen LogP contribution in [-0.2, 0) is 6.54 Å². The lowest BCUT2D eigenvalue weighted by molar-refractivity contribution is 0.563. The fourth-order valence-electron chi connectivity index (χ4n) is 2.35. The Kier molecular flexibility index (Phi) is 3.77. The zero-order valence-electron chi connectivity index (χ0n) is 11.3. The molecule has 3 rings (SSSR count). The molecule has 0 aliphatic rings. The van der Waals surface area contributed by atoms with Gasteiger partial charge in [-0.1, -0.05) is 48.5 Å². The molecule has 1 heterocycles. The quantitative estimate of drug-likeness (QED) is 0.735. The van der Waals surface area contributed by atoms with Crippen LogP contribution in [0.5, 0.6) is 0 Å². The fraction of sp³-hybridized carbons (Fsp3) is 0.176. The standard InChI is InChI=1S/C17H16ClNO/c1-12(13-7-3-2-4-8-13)19-11-15-14-9-5-6-10-16(14)20-17(15)18/h2-10,12,19H,11H2,1H3. The van der Waals surface area contributed by atoms with E-state index in [4.69, 9.17) is 16.0 Å². The van der Waals surface area contributed by atoms with E-state index in [9.17, 15) is 0 Å². The maximum atomic E-state index is 6.19. The summed E-state index contributed by atoms with van der Waals surface area (Å²) in [6.45, 7) is 2.83. The van der Waals surface area contributed by atoms with E-state index in [2.05, 4.69) is 24.4 Å². The number of nitrogens with one attached hydrogen (secondary N) is 1. The third-order valence-electron chi connectivity index (χ3n) is 3.53. The molecule has 0 aliphatic heterocycles. The zero-order valence-corrected chi connectivity index (χ0v) is 12.0. The lowest BCUT2D eigenvalue weighted by Crippen LogP contribution is -2.17. The maximum absolute atomic E-state index is 6.19. The Bertz CT molecular complexity index is 705. The molecule has 0 radical (unpaired) electrons. The Balaban J connectivity index is 1.79. The molecule has 0 saturated carbocycles. The van der Waals surface area contributed by atoms with Crippen molar-refractivity contribution in [2.24, 2.45) is 0 Å². The topological polar surface area (TPSA) is 25.2 Å². The Morgan fingerprint density at radius 3 is 2.55 bits per heavy atom. The number of hydrogen-bond acceptors (Lipinski definition) is 2. The van der Waals surface area contributed by atoms with Crippen LogP contribution in [-0.4, -0.2) is 0 Å². The first-order valence-corrected chi connectivity index (χ1v) is 7.08. The predicted molar refractivity (Wildman–Crippen MR) is 82.9 cm³/mol. The highest BCUT2D eigenvalue weighted by Gasteiger charge is 2.13. The lowest BCUT2D eigenvalue weighted by atomic mass is 10.1. The first-order valence-electron chi connectivity index (χ1n) is 6.70. The van der Waals surface area contributed by atoms with Gasteiger partial charge in [-0.2, -0.15) is 0 Å². The first-order chi connectivity index (χ1) is 9.75. The molecule has 1 atom stereocenters. The number of furan rings is 1. The van der Waals surface area contributed by atoms with Gasteiger partial charge in [0.1, 0.15) is 5.58 Å². The Hall–Kier alpha value is -1.77. The molecule has 1 aromatic heterocycles. The van der Waals surface area contributed by atoms with Crippen LogP contribution in [0.1, 0.15) is 24.1 Å². The molecule has 2 aromatic carbocycles. The van der Waals surface area contributed by atoms with Gasteiger partial charge in [-0.05, 0) is 30.2 Å². The van der Waals surface area contributed by atoms with E-state index in [1.165, 1.54) is 5.56 Å². The average Bonchev–Trinajstić information content (AvgIpc) is 2.81. The Morgan fingerprint density at radius 1 is 1.05 bits per heavy atom. The van der Waals surface area contributed by atoms with E-state index in [0.717, 1.165) is 16.5 Å². The molecule has 0 amide bonds. The molecule has 102 valence electrons. The summed E-state index contributed by atoms with van der Waals surface area (Å²) < 4.78 is 5.56. The average molecular weight is 286 g/mol. The first kappa shape index (κ1) is 13.2. The molecule has 1 N–H and O–H groups in total. The highest BCUT2D eigenvalue weighted by Crippen LogP contribution is 2.29. The van der Waals surface area contributed by atoms with Crippen molar-refractivity contribution in [2.45, 2.75) is 19.5 Å². The van der Waals surface area contributed by atoms with Crippen LogP contribution >= 0.6 is 11.6 Å². The predicted octanol–water partition coefficient (Wildman–Crippen LogP) is 4.94. The minimum atomic E-state index is 0.265. The summed E-state index contributed by atoms with van der Waals surface area (Å²) in [4.78, 5) is 0. The van der Waals surface area contributed by atoms with Gasteiger partial charge in [0.05, 0.1) is 0 Å². The largest absolute Gasteiger partial charge is 0.444 e. The van der Waals surface area contributed by atoms with Gasteiger partial charge in [0.15, 0.2) is 5.22 Å². The molecule has 0 fully saturated rings. The van der Waals surface area contributed by atoms with Crippen molar-refractivity contribution in [3.8, 4) is 0 Å². The minimum absolute atomic E-state index is 0.265. The van der Waals surface area contributed by atoms with Crippen LogP contribution in [0.15, 0.2) is 59.0 Å². The summed E-state index contributed by atoms with van der Waals surface area (Å²) in [6, 6.07) is 18.5. The fourth-order valence-corrected chi connectivity index (χ4v) is 2.60. The van der Waals surface area contributed by atoms with Crippen LogP contribution in [0.3, 0.4) is 0 Å². The van der Waals surface area contributed by atoms with Crippen LogP contribution in [0.2, 0.25) is 5.22 Å². The number of halogens is 1. The summed E-state index contributed by atoms with van der Waals surface area (Å²) in [7, 11) is 0. The molecule has 0 saturated heterocycles. The maximum Gasteiger partial charge on any atom is 0.199 e. The Morgan fingerprint density at radius 2 is 1.75 bits per heavy atom. The van der Waals surface area contributed by atoms with Gasteiger partial charge in [0.2, 0.25) is 0 Å². The van der Waals surface area contributed by atoms with E-state index in [-0.39, 0.29) is 6.04 Å². The second kappa shape index (κ2) is 5.70. The lowest BCUT2D eigenvalue weighted by Gasteiger charge is -2.13. The van der Waals surface area contributed by atoms with E-state index >= 15 is 0 Å². The molecule has 20 heavy (non-hydrogen) atoms. The van der Waals surface area contributed by atoms with Crippen LogP contribution in [0.25, 0.3) is 11.0 Å². The summed E-state index contributed by atoms with van der Waals surface area (Å²) in [5.41, 5.74) is 3.11. The van der Waals surface area contributed by atoms with Gasteiger partial charge in [0, 0.05) is 23.5 Å². The van der Waals surface area contributed by atoms with E-state index in [1.807, 2.05) is 42.5 Å². The van der Waals surface area contributed by atoms with E-state index in [0.29, 0.717) is 11.8 Å². The van der Waals surface area contributed by atoms with Crippen molar-refractivity contribution in [3.63, 3.8) is 0 Å². The molecule has 2 nitrogen and oxygen atoms in total. The SMILES string of the molecule is CC(NCc1c(Cl)oc2ccccc12)c1ccccc1. The number of hydrogen-bond donors (Lipinski definition) is 1. The van der Waals surface area contributed by atoms with Gasteiger partial charge < -0.3 is 9.73 Å². The summed E-state index contributed by atoms with van der Waals surface area (Å²) in [6.07, 6.45) is 0. The van der Waals surface area contributed by atoms with Gasteiger partial charge in [0.25, 0.3) is 0 Å². The van der Waals surface area contributed by atoms with Gasteiger partial charge in [-0.15, -0.1) is 0 Å². The summed E-state index contributed by atoms with van der Waals surface area (Å²) in [5, 5.41) is 5.04. The van der Waals surface area contributed by atoms with Gasteiger partial charge >= 0.3 is 0 Å². The van der Waals surface area contributed by atoms with E-state index in [1.54, 1.807) is 0 Å². The third kappa shape index (κ3) is 2.58. The number of para-hydroxylation sites is 1. The van der Waals surface area contributed by atoms with Crippen LogP contribution in [0.4, 0.5) is 0 Å². The molecule has 1 unspecified atom stereocenters. The molecular weight excluding hydrogens is 270 g/mol. The third-order valence-corrected chi connectivity index (χ3v) is 3.84. The highest BCUT2D eigenvalue weighted by atomic mass is 35.5. The van der Waals surface area contributed by atoms with Crippen LogP contribution < -0.4 is 5.32 Å². The van der Waals surface area contributed by atoms with E-state index < -0.39 is 0 Å². The van der Waals surface area contributed by atoms with Crippen LogP contribution in [0, 0.1) is 0 Å². The van der Waals surface area contributed by atoms with Crippen molar-refractivity contribution in [2.75, 3.05) is 0 Å². The molecule has 3 aromatic rings. The molecule has 0 aliphatic carbocycles. The molecular formula is C17H16ClNO. The van der Waals surface area contributed by atoms with Crippen molar-refractivity contribution in [1.82, 2.24) is 5.32 Å². The smallest absolute Gasteiger partial charge is 0.199 e. The Labute approximate surface area is 123 Å². The van der Waals surface area contributed by atoms with Gasteiger partial charge in [-0.25, -0.2) is 0 Å². The summed E-state index contributed by atoms with van der Waals surface area (Å²) in [5.74, 6) is 0. The van der Waals surface area contributed by atoms with Crippen molar-refractivity contribution < 1.29 is 4.42 Å². The highest BCUT2D eigenvalue weighted by molar-refractivity contribution is 6.30. The second-order valence-corrected chi connectivity index (χ2v) is 5.21.